The van der Waals surface area contributed by atoms with Gasteiger partial charge in [0.25, 0.3) is 5.91 Å². The number of ether oxygens (including phenoxy) is 1. The molecule has 0 saturated heterocycles. The summed E-state index contributed by atoms with van der Waals surface area (Å²) in [7, 11) is 0. The summed E-state index contributed by atoms with van der Waals surface area (Å²) in [6, 6.07) is 12.7. The zero-order valence-electron chi connectivity index (χ0n) is 14.8. The number of nitrogens with one attached hydrogen (secondary N) is 2. The van der Waals surface area contributed by atoms with Crippen molar-refractivity contribution >= 4 is 29.2 Å². The van der Waals surface area contributed by atoms with Crippen molar-refractivity contribution in [1.29, 1.82) is 0 Å². The van der Waals surface area contributed by atoms with Crippen LogP contribution >= 0.6 is 0 Å². The molecular formula is C19H21N3O5. The second kappa shape index (κ2) is 9.35. The van der Waals surface area contributed by atoms with Crippen molar-refractivity contribution in [1.82, 2.24) is 0 Å². The van der Waals surface area contributed by atoms with E-state index in [1.807, 2.05) is 0 Å². The van der Waals surface area contributed by atoms with Gasteiger partial charge in [-0.25, -0.2) is 4.79 Å². The molecule has 1 atom stereocenters. The van der Waals surface area contributed by atoms with Gasteiger partial charge in [0.15, 0.2) is 6.10 Å². The number of primary amides is 1. The van der Waals surface area contributed by atoms with Gasteiger partial charge in [-0.15, -0.1) is 0 Å². The van der Waals surface area contributed by atoms with Gasteiger partial charge in [-0.2, -0.15) is 0 Å². The molecule has 0 saturated carbocycles. The van der Waals surface area contributed by atoms with Gasteiger partial charge >= 0.3 is 5.97 Å². The van der Waals surface area contributed by atoms with Gasteiger partial charge in [0.05, 0.1) is 12.2 Å². The molecule has 0 aliphatic heterocycles. The number of anilines is 2. The predicted molar refractivity (Wildman–Crippen MR) is 100 cm³/mol. The van der Waals surface area contributed by atoms with Crippen LogP contribution < -0.4 is 16.4 Å². The van der Waals surface area contributed by atoms with Crippen LogP contribution in [0.5, 0.6) is 0 Å². The lowest BCUT2D eigenvalue weighted by molar-refractivity contribution is -0.123. The van der Waals surface area contributed by atoms with Crippen molar-refractivity contribution in [3.8, 4) is 0 Å². The van der Waals surface area contributed by atoms with Crippen molar-refractivity contribution < 1.29 is 24.2 Å². The minimum absolute atomic E-state index is 0.0866. The Hall–Kier alpha value is -3.39. The first-order valence-corrected chi connectivity index (χ1v) is 8.28. The molecule has 0 unspecified atom stereocenters. The Morgan fingerprint density at radius 1 is 1.11 bits per heavy atom. The number of amides is 2. The molecule has 2 aromatic carbocycles. The van der Waals surface area contributed by atoms with Crippen LogP contribution in [-0.4, -0.2) is 42.1 Å². The van der Waals surface area contributed by atoms with Crippen LogP contribution in [0.3, 0.4) is 0 Å². The number of para-hydroxylation sites is 1. The highest BCUT2D eigenvalue weighted by Gasteiger charge is 2.21. The predicted octanol–water partition coefficient (Wildman–Crippen LogP) is 1.37. The third kappa shape index (κ3) is 5.55. The Kier molecular flexibility index (Phi) is 6.90. The van der Waals surface area contributed by atoms with Gasteiger partial charge < -0.3 is 26.2 Å². The molecule has 0 radical (unpaired) electrons. The smallest absolute Gasteiger partial charge is 0.341 e. The number of carbonyl (C=O) groups is 3. The summed E-state index contributed by atoms with van der Waals surface area (Å²) in [5.74, 6) is -1.75. The van der Waals surface area contributed by atoms with E-state index >= 15 is 0 Å². The normalized spacial score (nSPS) is 11.3. The number of carbonyl (C=O) groups excluding carboxylic acids is 3. The highest BCUT2D eigenvalue weighted by Crippen LogP contribution is 2.17. The third-order valence-electron chi connectivity index (χ3n) is 3.66. The second-order valence-corrected chi connectivity index (χ2v) is 5.67. The Morgan fingerprint density at radius 3 is 2.41 bits per heavy atom. The average Bonchev–Trinajstić information content (AvgIpc) is 2.66. The molecule has 8 nitrogen and oxygen atoms in total. The summed E-state index contributed by atoms with van der Waals surface area (Å²) in [4.78, 5) is 35.6. The van der Waals surface area contributed by atoms with E-state index < -0.39 is 23.9 Å². The lowest BCUT2D eigenvalue weighted by Crippen LogP contribution is -2.30. The lowest BCUT2D eigenvalue weighted by atomic mass is 10.1. The van der Waals surface area contributed by atoms with E-state index in [0.717, 1.165) is 0 Å². The molecule has 0 heterocycles. The van der Waals surface area contributed by atoms with Gasteiger partial charge in [0.1, 0.15) is 0 Å². The maximum Gasteiger partial charge on any atom is 0.341 e. The molecule has 0 spiro atoms. The maximum atomic E-state index is 12.4. The molecule has 2 rings (SSSR count). The van der Waals surface area contributed by atoms with Crippen LogP contribution in [0.4, 0.5) is 11.4 Å². The summed E-state index contributed by atoms with van der Waals surface area (Å²) >= 11 is 0. The highest BCUT2D eigenvalue weighted by molar-refractivity contribution is 6.00. The molecule has 5 N–H and O–H groups in total. The summed E-state index contributed by atoms with van der Waals surface area (Å²) in [6.07, 6.45) is -1.04. The van der Waals surface area contributed by atoms with E-state index in [9.17, 15) is 14.4 Å². The molecule has 2 amide bonds. The average molecular weight is 371 g/mol. The van der Waals surface area contributed by atoms with Crippen molar-refractivity contribution in [2.75, 3.05) is 23.8 Å². The fraction of sp³-hybridized carbons (Fsp3) is 0.211. The standard InChI is InChI=1S/C19H21N3O5/c1-12(18(25)22-14-8-6-13(7-9-14)17(20)24)27-19(26)15-4-2-3-5-16(15)21-10-11-23/h2-9,12,21,23H,10-11H2,1H3,(H2,20,24)(H,22,25)/t12-/m1/s1. The first kappa shape index (κ1) is 19.9. The van der Waals surface area contributed by atoms with Gasteiger partial charge in [0, 0.05) is 23.5 Å². The molecule has 2 aromatic rings. The van der Waals surface area contributed by atoms with Crippen LogP contribution in [0.1, 0.15) is 27.6 Å². The van der Waals surface area contributed by atoms with Crippen molar-refractivity contribution in [3.05, 3.63) is 59.7 Å². The summed E-state index contributed by atoms with van der Waals surface area (Å²) in [6.45, 7) is 1.65. The fourth-order valence-corrected chi connectivity index (χ4v) is 2.25. The number of nitrogens with two attached hydrogens (primary N) is 1. The zero-order valence-corrected chi connectivity index (χ0v) is 14.8. The number of aliphatic hydroxyl groups excluding tert-OH is 1. The largest absolute Gasteiger partial charge is 0.449 e. The number of benzene rings is 2. The van der Waals surface area contributed by atoms with Crippen molar-refractivity contribution in [2.24, 2.45) is 5.73 Å². The number of rotatable bonds is 8. The molecule has 0 aromatic heterocycles. The molecular weight excluding hydrogens is 350 g/mol. The molecule has 8 heteroatoms. The SMILES string of the molecule is C[C@@H](OC(=O)c1ccccc1NCCO)C(=O)Nc1ccc(C(N)=O)cc1. The Labute approximate surface area is 156 Å². The Bertz CT molecular complexity index is 820. The first-order valence-electron chi connectivity index (χ1n) is 8.28. The van der Waals surface area contributed by atoms with Crippen LogP contribution in [0.15, 0.2) is 48.5 Å². The summed E-state index contributed by atoms with van der Waals surface area (Å²) in [5.41, 5.74) is 6.69. The quantitative estimate of drug-likeness (QED) is 0.519. The number of aliphatic hydroxyl groups is 1. The highest BCUT2D eigenvalue weighted by atomic mass is 16.5. The molecule has 0 bridgehead atoms. The molecule has 0 fully saturated rings. The van der Waals surface area contributed by atoms with E-state index in [4.69, 9.17) is 15.6 Å². The second-order valence-electron chi connectivity index (χ2n) is 5.67. The lowest BCUT2D eigenvalue weighted by Gasteiger charge is -2.15. The van der Waals surface area contributed by atoms with Crippen molar-refractivity contribution in [2.45, 2.75) is 13.0 Å². The Balaban J connectivity index is 1.99. The Morgan fingerprint density at radius 2 is 1.78 bits per heavy atom. The molecule has 27 heavy (non-hydrogen) atoms. The van der Waals surface area contributed by atoms with Crippen LogP contribution in [0, 0.1) is 0 Å². The number of hydrogen-bond donors (Lipinski definition) is 4. The molecule has 0 aliphatic rings. The van der Waals surface area contributed by atoms with Crippen LogP contribution in [0.2, 0.25) is 0 Å². The topological polar surface area (TPSA) is 131 Å². The van der Waals surface area contributed by atoms with E-state index in [2.05, 4.69) is 10.6 Å². The monoisotopic (exact) mass is 371 g/mol. The summed E-state index contributed by atoms with van der Waals surface area (Å²) < 4.78 is 5.23. The van der Waals surface area contributed by atoms with Gasteiger partial charge in [0.2, 0.25) is 5.91 Å². The van der Waals surface area contributed by atoms with Gasteiger partial charge in [-0.05, 0) is 43.3 Å². The van der Waals surface area contributed by atoms with E-state index in [1.165, 1.54) is 31.2 Å². The minimum atomic E-state index is -1.04. The van der Waals surface area contributed by atoms with Gasteiger partial charge in [-0.1, -0.05) is 12.1 Å². The van der Waals surface area contributed by atoms with E-state index in [1.54, 1.807) is 24.3 Å². The van der Waals surface area contributed by atoms with Crippen LogP contribution in [0.25, 0.3) is 0 Å². The third-order valence-corrected chi connectivity index (χ3v) is 3.66. The molecule has 142 valence electrons. The molecule has 0 aliphatic carbocycles. The minimum Gasteiger partial charge on any atom is -0.449 e. The van der Waals surface area contributed by atoms with Crippen molar-refractivity contribution in [3.63, 3.8) is 0 Å². The maximum absolute atomic E-state index is 12.4. The van der Waals surface area contributed by atoms with E-state index in [0.29, 0.717) is 16.9 Å². The van der Waals surface area contributed by atoms with Crippen LogP contribution in [-0.2, 0) is 9.53 Å². The number of hydrogen-bond acceptors (Lipinski definition) is 6. The van der Waals surface area contributed by atoms with E-state index in [-0.39, 0.29) is 18.7 Å². The first-order chi connectivity index (χ1) is 12.9. The summed E-state index contributed by atoms with van der Waals surface area (Å²) in [5, 5.41) is 14.4. The number of esters is 1. The van der Waals surface area contributed by atoms with Gasteiger partial charge in [-0.3, -0.25) is 9.59 Å². The fourth-order valence-electron chi connectivity index (χ4n) is 2.25. The zero-order chi connectivity index (χ0) is 19.8.